The van der Waals surface area contributed by atoms with E-state index >= 15 is 0 Å². The first-order valence-corrected chi connectivity index (χ1v) is 13.8. The molecule has 4 N–H and O–H groups in total. The van der Waals surface area contributed by atoms with Crippen LogP contribution in [0.25, 0.3) is 0 Å². The lowest BCUT2D eigenvalue weighted by Crippen LogP contribution is -2.37. The van der Waals surface area contributed by atoms with Gasteiger partial charge in [-0.3, -0.25) is 9.59 Å². The molecule has 1 aliphatic heterocycles. The first-order chi connectivity index (χ1) is 18.9. The number of aryl methyl sites for hydroxylation is 2. The van der Waals surface area contributed by atoms with Crippen molar-refractivity contribution < 1.29 is 14.3 Å². The highest BCUT2D eigenvalue weighted by atomic mass is 16.5. The molecule has 0 bridgehead atoms. The summed E-state index contributed by atoms with van der Waals surface area (Å²) in [5, 5.41) is 1.53. The number of nitrogens with zero attached hydrogens (tertiary/aromatic N) is 2. The molecule has 0 saturated carbocycles. The summed E-state index contributed by atoms with van der Waals surface area (Å²) in [5.74, 6) is 5.63. The summed E-state index contributed by atoms with van der Waals surface area (Å²) in [7, 11) is 1.40. The van der Waals surface area contributed by atoms with Crippen molar-refractivity contribution in [2.24, 2.45) is 11.6 Å². The van der Waals surface area contributed by atoms with Crippen molar-refractivity contribution in [3.63, 3.8) is 0 Å². The Hall–Kier alpha value is -3.84. The third-order valence-electron chi connectivity index (χ3n) is 8.14. The highest BCUT2D eigenvalue weighted by molar-refractivity contribution is 5.98. The molecule has 0 spiro atoms. The van der Waals surface area contributed by atoms with E-state index in [2.05, 4.69) is 44.7 Å². The van der Waals surface area contributed by atoms with Crippen molar-refractivity contribution in [1.29, 1.82) is 0 Å². The van der Waals surface area contributed by atoms with Gasteiger partial charge in [-0.05, 0) is 93.0 Å². The van der Waals surface area contributed by atoms with Crippen molar-refractivity contribution in [1.82, 2.24) is 9.91 Å². The molecule has 1 atom stereocenters. The zero-order valence-corrected chi connectivity index (χ0v) is 25.1. The first-order valence-electron chi connectivity index (χ1n) is 13.8. The van der Waals surface area contributed by atoms with Gasteiger partial charge in [-0.25, -0.2) is 5.84 Å². The lowest BCUT2D eigenvalue weighted by molar-refractivity contribution is -0.140. The summed E-state index contributed by atoms with van der Waals surface area (Å²) in [4.78, 5) is 28.1. The Labute approximate surface area is 239 Å². The SMILES string of the molecule is C=C(N)/C(=C\C=C(/C)C(CC(=O)OC)c1ccc2c(c1)CN(C(=O)c1c(C)c(C)cc(C)c1C)CC2)N(N)CC. The Bertz CT molecular complexity index is 1350. The maximum atomic E-state index is 13.8. The smallest absolute Gasteiger partial charge is 0.306 e. The van der Waals surface area contributed by atoms with E-state index in [-0.39, 0.29) is 24.2 Å². The number of methoxy groups -OCH3 is 1. The Morgan fingerprint density at radius 1 is 1.10 bits per heavy atom. The van der Waals surface area contributed by atoms with Crippen LogP contribution >= 0.6 is 0 Å². The Morgan fingerprint density at radius 3 is 2.33 bits per heavy atom. The molecule has 1 amide bonds. The molecule has 1 unspecified atom stereocenters. The fraction of sp³-hybridized carbons (Fsp3) is 0.394. The van der Waals surface area contributed by atoms with Crippen molar-refractivity contribution >= 4 is 11.9 Å². The minimum Gasteiger partial charge on any atom is -0.469 e. The van der Waals surface area contributed by atoms with Gasteiger partial charge in [0.1, 0.15) is 0 Å². The molecule has 40 heavy (non-hydrogen) atoms. The molecule has 0 aliphatic carbocycles. The maximum absolute atomic E-state index is 13.8. The van der Waals surface area contributed by atoms with Crippen LogP contribution in [0, 0.1) is 27.7 Å². The fourth-order valence-corrected chi connectivity index (χ4v) is 5.34. The van der Waals surface area contributed by atoms with E-state index in [0.717, 1.165) is 50.9 Å². The van der Waals surface area contributed by atoms with Gasteiger partial charge in [0.05, 0.1) is 19.2 Å². The topological polar surface area (TPSA) is 102 Å². The molecule has 0 aromatic heterocycles. The number of rotatable bonds is 9. The highest BCUT2D eigenvalue weighted by Gasteiger charge is 2.27. The van der Waals surface area contributed by atoms with Gasteiger partial charge < -0.3 is 20.4 Å². The Kier molecular flexibility index (Phi) is 9.98. The van der Waals surface area contributed by atoms with Crippen LogP contribution in [0.5, 0.6) is 0 Å². The second-order valence-electron chi connectivity index (χ2n) is 10.7. The summed E-state index contributed by atoms with van der Waals surface area (Å²) < 4.78 is 5.03. The zero-order valence-electron chi connectivity index (χ0n) is 25.1. The maximum Gasteiger partial charge on any atom is 0.306 e. The minimum atomic E-state index is -0.297. The molecule has 7 nitrogen and oxygen atoms in total. The van der Waals surface area contributed by atoms with Gasteiger partial charge in [-0.2, -0.15) is 0 Å². The molecular formula is C33H44N4O3. The van der Waals surface area contributed by atoms with Gasteiger partial charge in [0, 0.05) is 36.8 Å². The number of nitrogens with two attached hydrogens (primary N) is 2. The van der Waals surface area contributed by atoms with Gasteiger partial charge in [0.15, 0.2) is 0 Å². The largest absolute Gasteiger partial charge is 0.469 e. The van der Waals surface area contributed by atoms with E-state index < -0.39 is 0 Å². The van der Waals surface area contributed by atoms with Crippen LogP contribution in [0.2, 0.25) is 0 Å². The van der Waals surface area contributed by atoms with Crippen molar-refractivity contribution in [2.75, 3.05) is 20.2 Å². The van der Waals surface area contributed by atoms with E-state index in [1.54, 1.807) is 0 Å². The second kappa shape index (κ2) is 13.0. The first kappa shape index (κ1) is 30.7. The third kappa shape index (κ3) is 6.65. The Balaban J connectivity index is 1.98. The number of likely N-dealkylation sites (N-methyl/N-ethyl adjacent to an activating group) is 1. The fourth-order valence-electron chi connectivity index (χ4n) is 5.34. The number of hydrogen-bond donors (Lipinski definition) is 2. The van der Waals surface area contributed by atoms with Crippen LogP contribution in [0.3, 0.4) is 0 Å². The molecule has 0 saturated heterocycles. The van der Waals surface area contributed by atoms with Gasteiger partial charge in [-0.15, -0.1) is 0 Å². The van der Waals surface area contributed by atoms with E-state index in [1.165, 1.54) is 17.7 Å². The zero-order chi connectivity index (χ0) is 29.7. The van der Waals surface area contributed by atoms with Gasteiger partial charge >= 0.3 is 5.97 Å². The van der Waals surface area contributed by atoms with E-state index in [4.69, 9.17) is 16.3 Å². The van der Waals surface area contributed by atoms with Crippen LogP contribution in [0.15, 0.2) is 60.0 Å². The molecule has 2 aromatic carbocycles. The van der Waals surface area contributed by atoms with E-state index in [1.807, 2.05) is 44.7 Å². The molecule has 2 aromatic rings. The van der Waals surface area contributed by atoms with Crippen LogP contribution in [0.4, 0.5) is 0 Å². The van der Waals surface area contributed by atoms with Crippen molar-refractivity contribution in [3.05, 3.63) is 104 Å². The van der Waals surface area contributed by atoms with Crippen molar-refractivity contribution in [3.8, 4) is 0 Å². The number of hydrazine groups is 1. The van der Waals surface area contributed by atoms with Crippen LogP contribution < -0.4 is 11.6 Å². The average molecular weight is 545 g/mol. The predicted molar refractivity (Wildman–Crippen MR) is 161 cm³/mol. The van der Waals surface area contributed by atoms with Crippen LogP contribution in [-0.2, 0) is 22.5 Å². The van der Waals surface area contributed by atoms with Gasteiger partial charge in [0.25, 0.3) is 5.91 Å². The number of amides is 1. The number of fused-ring (bicyclic) bond motifs is 1. The lowest BCUT2D eigenvalue weighted by Gasteiger charge is -2.31. The molecule has 3 rings (SSSR count). The summed E-state index contributed by atoms with van der Waals surface area (Å²) in [6.07, 6.45) is 4.74. The van der Waals surface area contributed by atoms with E-state index in [9.17, 15) is 9.59 Å². The number of hydrogen-bond acceptors (Lipinski definition) is 6. The van der Waals surface area contributed by atoms with Crippen LogP contribution in [-0.4, -0.2) is 42.0 Å². The monoisotopic (exact) mass is 544 g/mol. The van der Waals surface area contributed by atoms with Crippen molar-refractivity contribution in [2.45, 2.75) is 66.8 Å². The average Bonchev–Trinajstić information content (AvgIpc) is 2.93. The number of carbonyl (C=O) groups excluding carboxylic acids is 2. The normalized spacial score (nSPS) is 14.4. The minimum absolute atomic E-state index is 0.0713. The molecule has 0 radical (unpaired) electrons. The molecular weight excluding hydrogens is 500 g/mol. The second-order valence-corrected chi connectivity index (χ2v) is 10.7. The standard InChI is InChI=1S/C33H44N4O3/c1-9-37(35)30(25(7)34)13-10-20(2)29(18-31(38)40-8)27-12-11-26-14-15-36(19-28(26)17-27)33(39)32-23(5)21(3)16-22(4)24(32)6/h10-13,16-17,29H,7,9,14-15,18-19,34-35H2,1-6,8H3/b20-10+,30-13+. The predicted octanol–water partition coefficient (Wildman–Crippen LogP) is 5.26. The van der Waals surface area contributed by atoms with E-state index in [0.29, 0.717) is 31.0 Å². The molecule has 214 valence electrons. The lowest BCUT2D eigenvalue weighted by atomic mass is 9.85. The third-order valence-corrected chi connectivity index (χ3v) is 8.14. The quantitative estimate of drug-likeness (QED) is 0.193. The summed E-state index contributed by atoms with van der Waals surface area (Å²) in [5.41, 5.74) is 16.4. The molecule has 0 fully saturated rings. The molecule has 1 aliphatic rings. The highest BCUT2D eigenvalue weighted by Crippen LogP contribution is 2.33. The van der Waals surface area contributed by atoms with Gasteiger partial charge in [-0.1, -0.05) is 42.5 Å². The number of allylic oxidation sites excluding steroid dienone is 3. The molecule has 1 heterocycles. The number of benzene rings is 2. The Morgan fingerprint density at radius 2 is 1.75 bits per heavy atom. The number of esters is 1. The molecule has 7 heteroatoms. The summed E-state index contributed by atoms with van der Waals surface area (Å²) in [6, 6.07) is 8.48. The van der Waals surface area contributed by atoms with Crippen LogP contribution in [0.1, 0.15) is 75.5 Å². The number of carbonyl (C=O) groups is 2. The summed E-state index contributed by atoms with van der Waals surface area (Å²) in [6.45, 7) is 17.7. The van der Waals surface area contributed by atoms with Gasteiger partial charge in [0.2, 0.25) is 0 Å². The summed E-state index contributed by atoms with van der Waals surface area (Å²) >= 11 is 0. The number of ether oxygens (including phenoxy) is 1.